The van der Waals surface area contributed by atoms with Gasteiger partial charge in [0.15, 0.2) is 0 Å². The van der Waals surface area contributed by atoms with Crippen molar-refractivity contribution in [1.29, 1.82) is 0 Å². The topological polar surface area (TPSA) is 46.9 Å². The second-order valence-corrected chi connectivity index (χ2v) is 6.48. The Morgan fingerprint density at radius 1 is 1.24 bits per heavy atom. The van der Waals surface area contributed by atoms with E-state index in [1.54, 1.807) is 0 Å². The van der Waals surface area contributed by atoms with E-state index in [1.807, 2.05) is 12.1 Å². The number of fused-ring (bicyclic) bond motifs is 1. The first-order valence-electron chi connectivity index (χ1n) is 7.99. The molecule has 2 aromatic rings. The van der Waals surface area contributed by atoms with Crippen molar-refractivity contribution in [1.82, 2.24) is 9.55 Å². The second kappa shape index (κ2) is 4.86. The highest BCUT2D eigenvalue weighted by molar-refractivity contribution is 5.94. The van der Waals surface area contributed by atoms with Crippen molar-refractivity contribution >= 4 is 22.6 Å². The monoisotopic (exact) mass is 283 g/mol. The number of amides is 1. The quantitative estimate of drug-likeness (QED) is 0.936. The Hall–Kier alpha value is -1.84. The SMILES string of the molecule is Cn1c(C2CC2)nc2cc(NC(=O)C3CCCC3)ccc21. The van der Waals surface area contributed by atoms with E-state index in [4.69, 9.17) is 4.98 Å². The molecule has 21 heavy (non-hydrogen) atoms. The summed E-state index contributed by atoms with van der Waals surface area (Å²) in [5.41, 5.74) is 3.01. The Morgan fingerprint density at radius 2 is 2.00 bits per heavy atom. The minimum Gasteiger partial charge on any atom is -0.331 e. The first kappa shape index (κ1) is 12.9. The lowest BCUT2D eigenvalue weighted by atomic mass is 10.1. The Labute approximate surface area is 124 Å². The van der Waals surface area contributed by atoms with E-state index < -0.39 is 0 Å². The van der Waals surface area contributed by atoms with Crippen LogP contribution in [0.25, 0.3) is 11.0 Å². The molecule has 0 unspecified atom stereocenters. The number of hydrogen-bond donors (Lipinski definition) is 1. The number of carbonyl (C=O) groups excluding carboxylic acids is 1. The minimum absolute atomic E-state index is 0.171. The molecule has 0 saturated heterocycles. The van der Waals surface area contributed by atoms with Gasteiger partial charge in [-0.05, 0) is 43.9 Å². The van der Waals surface area contributed by atoms with Crippen molar-refractivity contribution in [3.63, 3.8) is 0 Å². The Morgan fingerprint density at radius 3 is 2.71 bits per heavy atom. The molecule has 4 nitrogen and oxygen atoms in total. The fraction of sp³-hybridized carbons (Fsp3) is 0.529. The Balaban J connectivity index is 1.59. The molecule has 0 spiro atoms. The average molecular weight is 283 g/mol. The molecule has 0 aliphatic heterocycles. The van der Waals surface area contributed by atoms with Gasteiger partial charge in [0.25, 0.3) is 0 Å². The van der Waals surface area contributed by atoms with E-state index in [0.29, 0.717) is 5.92 Å². The molecular weight excluding hydrogens is 262 g/mol. The summed E-state index contributed by atoms with van der Waals surface area (Å²) in [5.74, 6) is 2.19. The van der Waals surface area contributed by atoms with Crippen LogP contribution >= 0.6 is 0 Å². The zero-order chi connectivity index (χ0) is 14.4. The fourth-order valence-corrected chi connectivity index (χ4v) is 3.44. The van der Waals surface area contributed by atoms with E-state index in [0.717, 1.165) is 29.6 Å². The number of hydrogen-bond acceptors (Lipinski definition) is 2. The first-order chi connectivity index (χ1) is 10.2. The molecule has 1 heterocycles. The number of nitrogens with one attached hydrogen (secondary N) is 1. The van der Waals surface area contributed by atoms with Gasteiger partial charge in [-0.3, -0.25) is 4.79 Å². The van der Waals surface area contributed by atoms with Crippen molar-refractivity contribution in [2.24, 2.45) is 13.0 Å². The lowest BCUT2D eigenvalue weighted by Crippen LogP contribution is -2.20. The zero-order valence-corrected chi connectivity index (χ0v) is 12.4. The summed E-state index contributed by atoms with van der Waals surface area (Å²) >= 11 is 0. The molecule has 1 amide bonds. The molecule has 2 saturated carbocycles. The summed E-state index contributed by atoms with van der Waals surface area (Å²) in [6.07, 6.45) is 6.93. The van der Waals surface area contributed by atoms with Gasteiger partial charge >= 0.3 is 0 Å². The van der Waals surface area contributed by atoms with Crippen LogP contribution in [-0.4, -0.2) is 15.5 Å². The van der Waals surface area contributed by atoms with E-state index in [-0.39, 0.29) is 11.8 Å². The van der Waals surface area contributed by atoms with Crippen LogP contribution in [0.2, 0.25) is 0 Å². The summed E-state index contributed by atoms with van der Waals surface area (Å²) in [5, 5.41) is 3.06. The molecule has 2 aliphatic rings. The number of benzene rings is 1. The highest BCUT2D eigenvalue weighted by Gasteiger charge is 2.28. The van der Waals surface area contributed by atoms with Crippen LogP contribution in [0.3, 0.4) is 0 Å². The van der Waals surface area contributed by atoms with Crippen molar-refractivity contribution in [2.45, 2.75) is 44.4 Å². The standard InChI is InChI=1S/C17H21N3O/c1-20-15-9-8-13(18-17(21)12-4-2-3-5-12)10-14(15)19-16(20)11-6-7-11/h8-12H,2-7H2,1H3,(H,18,21). The molecule has 2 fully saturated rings. The molecule has 0 radical (unpaired) electrons. The maximum atomic E-state index is 12.2. The van der Waals surface area contributed by atoms with Crippen LogP contribution in [0, 0.1) is 5.92 Å². The molecular formula is C17H21N3O. The van der Waals surface area contributed by atoms with Gasteiger partial charge < -0.3 is 9.88 Å². The number of aryl methyl sites for hydroxylation is 1. The summed E-state index contributed by atoms with van der Waals surface area (Å²) in [6, 6.07) is 6.07. The number of aromatic nitrogens is 2. The predicted molar refractivity (Wildman–Crippen MR) is 83.3 cm³/mol. The molecule has 4 heteroatoms. The maximum Gasteiger partial charge on any atom is 0.227 e. The minimum atomic E-state index is 0.171. The van der Waals surface area contributed by atoms with Crippen LogP contribution in [0.1, 0.15) is 50.3 Å². The lowest BCUT2D eigenvalue weighted by Gasteiger charge is -2.10. The fourth-order valence-electron chi connectivity index (χ4n) is 3.44. The van der Waals surface area contributed by atoms with Crippen LogP contribution in [0.4, 0.5) is 5.69 Å². The predicted octanol–water partition coefficient (Wildman–Crippen LogP) is 3.58. The summed E-state index contributed by atoms with van der Waals surface area (Å²) in [6.45, 7) is 0. The van der Waals surface area contributed by atoms with Gasteiger partial charge in [-0.15, -0.1) is 0 Å². The molecule has 4 rings (SSSR count). The average Bonchev–Trinajstić information content (AvgIpc) is 3.06. The van der Waals surface area contributed by atoms with Crippen LogP contribution in [0.15, 0.2) is 18.2 Å². The van der Waals surface area contributed by atoms with Gasteiger partial charge in [-0.25, -0.2) is 4.98 Å². The Bertz CT molecular complexity index is 693. The smallest absolute Gasteiger partial charge is 0.227 e. The summed E-state index contributed by atoms with van der Waals surface area (Å²) < 4.78 is 2.19. The molecule has 1 aromatic heterocycles. The molecule has 0 atom stereocenters. The molecule has 2 aliphatic carbocycles. The number of rotatable bonds is 3. The Kier molecular flexibility index (Phi) is 2.98. The molecule has 0 bridgehead atoms. The number of nitrogens with zero attached hydrogens (tertiary/aromatic N) is 2. The second-order valence-electron chi connectivity index (χ2n) is 6.48. The van der Waals surface area contributed by atoms with E-state index in [1.165, 1.54) is 31.5 Å². The van der Waals surface area contributed by atoms with Gasteiger partial charge in [0.05, 0.1) is 11.0 Å². The van der Waals surface area contributed by atoms with E-state index >= 15 is 0 Å². The zero-order valence-electron chi connectivity index (χ0n) is 12.4. The number of imidazole rings is 1. The van der Waals surface area contributed by atoms with Gasteiger partial charge in [0, 0.05) is 24.6 Å². The first-order valence-corrected chi connectivity index (χ1v) is 7.99. The van der Waals surface area contributed by atoms with Gasteiger partial charge in [-0.2, -0.15) is 0 Å². The van der Waals surface area contributed by atoms with Crippen molar-refractivity contribution < 1.29 is 4.79 Å². The van der Waals surface area contributed by atoms with Crippen molar-refractivity contribution in [2.75, 3.05) is 5.32 Å². The normalized spacial score (nSPS) is 19.3. The molecule has 1 aromatic carbocycles. The van der Waals surface area contributed by atoms with Crippen molar-refractivity contribution in [3.05, 3.63) is 24.0 Å². The van der Waals surface area contributed by atoms with Gasteiger partial charge in [-0.1, -0.05) is 12.8 Å². The van der Waals surface area contributed by atoms with Gasteiger partial charge in [0.1, 0.15) is 5.82 Å². The van der Waals surface area contributed by atoms with Crippen LogP contribution < -0.4 is 5.32 Å². The molecule has 110 valence electrons. The highest BCUT2D eigenvalue weighted by Crippen LogP contribution is 2.40. The highest BCUT2D eigenvalue weighted by atomic mass is 16.1. The largest absolute Gasteiger partial charge is 0.331 e. The maximum absolute atomic E-state index is 12.2. The van der Waals surface area contributed by atoms with Gasteiger partial charge in [0.2, 0.25) is 5.91 Å². The third kappa shape index (κ3) is 2.33. The lowest BCUT2D eigenvalue weighted by molar-refractivity contribution is -0.119. The van der Waals surface area contributed by atoms with E-state index in [2.05, 4.69) is 23.0 Å². The summed E-state index contributed by atoms with van der Waals surface area (Å²) in [7, 11) is 2.08. The number of carbonyl (C=O) groups is 1. The third-order valence-electron chi connectivity index (χ3n) is 4.85. The van der Waals surface area contributed by atoms with E-state index in [9.17, 15) is 4.79 Å². The number of anilines is 1. The summed E-state index contributed by atoms with van der Waals surface area (Å²) in [4.78, 5) is 17.0. The third-order valence-corrected chi connectivity index (χ3v) is 4.85. The molecule has 1 N–H and O–H groups in total. The van der Waals surface area contributed by atoms with Crippen LogP contribution in [-0.2, 0) is 11.8 Å². The van der Waals surface area contributed by atoms with Crippen LogP contribution in [0.5, 0.6) is 0 Å². The van der Waals surface area contributed by atoms with Crippen molar-refractivity contribution in [3.8, 4) is 0 Å².